The van der Waals surface area contributed by atoms with Crippen molar-refractivity contribution in [2.45, 2.75) is 36.6 Å². The molecule has 1 aromatic heterocycles. The van der Waals surface area contributed by atoms with Gasteiger partial charge in [-0.15, -0.1) is 0 Å². The van der Waals surface area contributed by atoms with Gasteiger partial charge in [0.05, 0.1) is 14.9 Å². The van der Waals surface area contributed by atoms with Crippen LogP contribution in [0.15, 0.2) is 32.9 Å². The summed E-state index contributed by atoms with van der Waals surface area (Å²) in [6.07, 6.45) is 0. The van der Waals surface area contributed by atoms with Crippen molar-refractivity contribution in [3.05, 3.63) is 44.2 Å². The minimum atomic E-state index is -0.207. The summed E-state index contributed by atoms with van der Waals surface area (Å²) in [5, 5.41) is 10.5. The van der Waals surface area contributed by atoms with E-state index in [2.05, 4.69) is 15.5 Å². The molecule has 0 aliphatic rings. The molecule has 2 aromatic rings. The van der Waals surface area contributed by atoms with E-state index in [-0.39, 0.29) is 17.4 Å². The molecule has 0 radical (unpaired) electrons. The van der Waals surface area contributed by atoms with Crippen molar-refractivity contribution in [2.24, 2.45) is 0 Å². The Labute approximate surface area is 147 Å². The van der Waals surface area contributed by atoms with Gasteiger partial charge < -0.3 is 5.32 Å². The number of halogens is 2. The highest BCUT2D eigenvalue weighted by Gasteiger charge is 2.14. The predicted molar refractivity (Wildman–Crippen MR) is 93.8 cm³/mol. The van der Waals surface area contributed by atoms with Gasteiger partial charge in [0.15, 0.2) is 0 Å². The van der Waals surface area contributed by atoms with E-state index in [9.17, 15) is 9.59 Å². The highest BCUT2D eigenvalue weighted by molar-refractivity contribution is 7.99. The van der Waals surface area contributed by atoms with Crippen molar-refractivity contribution < 1.29 is 4.79 Å². The Morgan fingerprint density at radius 1 is 1.26 bits per heavy atom. The highest BCUT2D eigenvalue weighted by Crippen LogP contribution is 2.39. The molecule has 2 rings (SSSR count). The third kappa shape index (κ3) is 4.50. The third-order valence-corrected chi connectivity index (χ3v) is 4.84. The van der Waals surface area contributed by atoms with Gasteiger partial charge in [-0.25, -0.2) is 5.10 Å². The van der Waals surface area contributed by atoms with Gasteiger partial charge in [-0.05, 0) is 24.1 Å². The first kappa shape index (κ1) is 17.8. The van der Waals surface area contributed by atoms with Crippen molar-refractivity contribution in [3.8, 4) is 0 Å². The molecule has 0 unspecified atom stereocenters. The second-order valence-corrected chi connectivity index (χ2v) is 7.04. The molecule has 0 aliphatic heterocycles. The standard InChI is InChI=1S/C15H15Cl2N3O2S/c1-7(2)10-6-13(19-20-15(10)22)23-14-11(16)4-9(5-12(14)17)18-8(3)21/h4-7H,1-3H3,(H,18,21)(H,20,22). The van der Waals surface area contributed by atoms with E-state index in [4.69, 9.17) is 23.2 Å². The van der Waals surface area contributed by atoms with Crippen LogP contribution in [0.25, 0.3) is 0 Å². The molecule has 5 nitrogen and oxygen atoms in total. The molecule has 1 amide bonds. The number of amides is 1. The lowest BCUT2D eigenvalue weighted by Crippen LogP contribution is -2.15. The number of hydrogen-bond acceptors (Lipinski definition) is 4. The van der Waals surface area contributed by atoms with Crippen LogP contribution in [0.3, 0.4) is 0 Å². The Balaban J connectivity index is 2.35. The molecule has 0 fully saturated rings. The number of carbonyl (C=O) groups excluding carboxylic acids is 1. The number of nitrogens with zero attached hydrogens (tertiary/aromatic N) is 1. The minimum Gasteiger partial charge on any atom is -0.326 e. The Morgan fingerprint density at radius 3 is 2.39 bits per heavy atom. The number of carbonyl (C=O) groups is 1. The molecular formula is C15H15Cl2N3O2S. The van der Waals surface area contributed by atoms with Crippen LogP contribution in [0.4, 0.5) is 5.69 Å². The SMILES string of the molecule is CC(=O)Nc1cc(Cl)c(Sc2cc(C(C)C)c(=O)[nH]n2)c(Cl)c1. The van der Waals surface area contributed by atoms with E-state index in [1.807, 2.05) is 13.8 Å². The van der Waals surface area contributed by atoms with Crippen LogP contribution in [0.2, 0.25) is 10.0 Å². The Bertz CT molecular complexity index is 783. The summed E-state index contributed by atoms with van der Waals surface area (Å²) in [5.74, 6) is -0.129. The fourth-order valence-corrected chi connectivity index (χ4v) is 3.44. The Kier molecular flexibility index (Phi) is 5.73. The first-order valence-corrected chi connectivity index (χ1v) is 8.39. The maximum absolute atomic E-state index is 11.7. The number of H-pyrrole nitrogens is 1. The molecular weight excluding hydrogens is 357 g/mol. The molecule has 0 bridgehead atoms. The van der Waals surface area contributed by atoms with Gasteiger partial charge in [-0.1, -0.05) is 48.8 Å². The third-order valence-electron chi connectivity index (χ3n) is 2.96. The minimum absolute atomic E-state index is 0.0780. The van der Waals surface area contributed by atoms with E-state index in [0.717, 1.165) is 0 Å². The zero-order chi connectivity index (χ0) is 17.1. The van der Waals surface area contributed by atoms with Crippen molar-refractivity contribution in [1.29, 1.82) is 0 Å². The molecule has 1 heterocycles. The summed E-state index contributed by atoms with van der Waals surface area (Å²) in [5.41, 5.74) is 0.960. The number of nitrogens with one attached hydrogen (secondary N) is 2. The zero-order valence-electron chi connectivity index (χ0n) is 12.7. The lowest BCUT2D eigenvalue weighted by Gasteiger charge is -2.10. The van der Waals surface area contributed by atoms with Crippen molar-refractivity contribution in [1.82, 2.24) is 10.2 Å². The van der Waals surface area contributed by atoms with Gasteiger partial charge in [0.2, 0.25) is 5.91 Å². The number of aromatic nitrogens is 2. The fraction of sp³-hybridized carbons (Fsp3) is 0.267. The van der Waals surface area contributed by atoms with Crippen LogP contribution in [-0.2, 0) is 4.79 Å². The second kappa shape index (κ2) is 7.38. The molecule has 0 saturated heterocycles. The average Bonchev–Trinajstić information content (AvgIpc) is 2.43. The van der Waals surface area contributed by atoms with Gasteiger partial charge in [0.1, 0.15) is 5.03 Å². The van der Waals surface area contributed by atoms with Crippen LogP contribution in [0, 0.1) is 0 Å². The predicted octanol–water partition coefficient (Wildman–Crippen LogP) is 4.31. The largest absolute Gasteiger partial charge is 0.326 e. The summed E-state index contributed by atoms with van der Waals surface area (Å²) in [6, 6.07) is 4.96. The molecule has 8 heteroatoms. The summed E-state index contributed by atoms with van der Waals surface area (Å²) in [6.45, 7) is 5.27. The molecule has 1 aromatic carbocycles. The summed E-state index contributed by atoms with van der Waals surface area (Å²) in [4.78, 5) is 23.4. The molecule has 0 saturated carbocycles. The van der Waals surface area contributed by atoms with Crippen LogP contribution in [0.1, 0.15) is 32.3 Å². The monoisotopic (exact) mass is 371 g/mol. The molecule has 0 atom stereocenters. The van der Waals surface area contributed by atoms with E-state index in [1.54, 1.807) is 18.2 Å². The number of hydrogen-bond donors (Lipinski definition) is 2. The van der Waals surface area contributed by atoms with Crippen molar-refractivity contribution in [2.75, 3.05) is 5.32 Å². The quantitative estimate of drug-likeness (QED) is 0.839. The van der Waals surface area contributed by atoms with E-state index in [1.165, 1.54) is 18.7 Å². The van der Waals surface area contributed by atoms with Crippen LogP contribution in [0.5, 0.6) is 0 Å². The molecule has 122 valence electrons. The van der Waals surface area contributed by atoms with E-state index >= 15 is 0 Å². The van der Waals surface area contributed by atoms with Gasteiger partial charge in [-0.2, -0.15) is 5.10 Å². The van der Waals surface area contributed by atoms with Crippen molar-refractivity contribution in [3.63, 3.8) is 0 Å². The fourth-order valence-electron chi connectivity index (χ4n) is 1.92. The molecule has 2 N–H and O–H groups in total. The molecule has 0 spiro atoms. The average molecular weight is 372 g/mol. The Morgan fingerprint density at radius 2 is 1.87 bits per heavy atom. The summed E-state index contributed by atoms with van der Waals surface area (Å²) >= 11 is 13.7. The number of rotatable bonds is 4. The van der Waals surface area contributed by atoms with Crippen molar-refractivity contribution >= 4 is 46.6 Å². The van der Waals surface area contributed by atoms with Gasteiger partial charge in [0.25, 0.3) is 5.56 Å². The number of anilines is 1. The maximum atomic E-state index is 11.7. The van der Waals surface area contributed by atoms with Gasteiger partial charge in [0, 0.05) is 18.2 Å². The van der Waals surface area contributed by atoms with Gasteiger partial charge >= 0.3 is 0 Å². The van der Waals surface area contributed by atoms with E-state index < -0.39 is 0 Å². The number of benzene rings is 1. The second-order valence-electron chi connectivity index (χ2n) is 5.20. The van der Waals surface area contributed by atoms with Crippen LogP contribution < -0.4 is 10.9 Å². The smallest absolute Gasteiger partial charge is 0.267 e. The van der Waals surface area contributed by atoms with E-state index in [0.29, 0.717) is 31.2 Å². The topological polar surface area (TPSA) is 74.8 Å². The molecule has 23 heavy (non-hydrogen) atoms. The number of aromatic amines is 1. The van der Waals surface area contributed by atoms with Crippen LogP contribution in [-0.4, -0.2) is 16.1 Å². The van der Waals surface area contributed by atoms with Gasteiger partial charge in [-0.3, -0.25) is 9.59 Å². The lowest BCUT2D eigenvalue weighted by molar-refractivity contribution is -0.114. The normalized spacial score (nSPS) is 10.9. The first-order valence-electron chi connectivity index (χ1n) is 6.82. The summed E-state index contributed by atoms with van der Waals surface area (Å²) < 4.78 is 0. The zero-order valence-corrected chi connectivity index (χ0v) is 15.1. The van der Waals surface area contributed by atoms with Crippen LogP contribution >= 0.6 is 35.0 Å². The molecule has 0 aliphatic carbocycles. The highest BCUT2D eigenvalue weighted by atomic mass is 35.5. The Hall–Kier alpha value is -1.50. The maximum Gasteiger partial charge on any atom is 0.267 e. The first-order chi connectivity index (χ1) is 10.8. The summed E-state index contributed by atoms with van der Waals surface area (Å²) in [7, 11) is 0. The lowest BCUT2D eigenvalue weighted by atomic mass is 10.1.